The number of benzene rings is 1. The smallest absolute Gasteiger partial charge is 0.223 e. The lowest BCUT2D eigenvalue weighted by Crippen LogP contribution is -2.42. The van der Waals surface area contributed by atoms with E-state index in [2.05, 4.69) is 59.0 Å². The van der Waals surface area contributed by atoms with Gasteiger partial charge in [0.25, 0.3) is 0 Å². The zero-order chi connectivity index (χ0) is 16.1. The molecule has 3 rings (SSSR count). The SMILES string of the molecule is CCCCCCC(=O)N1CCn2cccc2C1c1ccccc1. The molecule has 122 valence electrons. The molecule has 1 amide bonds. The number of carbonyl (C=O) groups is 1. The Labute approximate surface area is 138 Å². The molecule has 1 aliphatic rings. The van der Waals surface area contributed by atoms with Gasteiger partial charge in [-0.3, -0.25) is 4.79 Å². The highest BCUT2D eigenvalue weighted by atomic mass is 16.2. The van der Waals surface area contributed by atoms with Crippen LogP contribution in [0, 0.1) is 0 Å². The van der Waals surface area contributed by atoms with Crippen LogP contribution in [0.3, 0.4) is 0 Å². The van der Waals surface area contributed by atoms with Crippen LogP contribution in [0.4, 0.5) is 0 Å². The van der Waals surface area contributed by atoms with E-state index in [0.717, 1.165) is 25.9 Å². The quantitative estimate of drug-likeness (QED) is 0.726. The highest BCUT2D eigenvalue weighted by molar-refractivity contribution is 5.77. The number of amides is 1. The van der Waals surface area contributed by atoms with Crippen LogP contribution in [0.2, 0.25) is 0 Å². The van der Waals surface area contributed by atoms with E-state index in [-0.39, 0.29) is 6.04 Å². The third kappa shape index (κ3) is 3.49. The number of nitrogens with zero attached hydrogens (tertiary/aromatic N) is 2. The van der Waals surface area contributed by atoms with Crippen LogP contribution in [-0.4, -0.2) is 21.9 Å². The Morgan fingerprint density at radius 1 is 1.04 bits per heavy atom. The van der Waals surface area contributed by atoms with E-state index in [1.807, 2.05) is 6.07 Å². The summed E-state index contributed by atoms with van der Waals surface area (Å²) in [5.41, 5.74) is 2.43. The molecule has 1 atom stereocenters. The monoisotopic (exact) mass is 310 g/mol. The minimum absolute atomic E-state index is 0.0543. The fourth-order valence-electron chi connectivity index (χ4n) is 3.48. The predicted octanol–water partition coefficient (Wildman–Crippen LogP) is 4.39. The van der Waals surface area contributed by atoms with Gasteiger partial charge in [0.15, 0.2) is 0 Å². The summed E-state index contributed by atoms with van der Waals surface area (Å²) in [6, 6.07) is 14.7. The van der Waals surface area contributed by atoms with Crippen LogP contribution in [0.1, 0.15) is 56.3 Å². The standard InChI is InChI=1S/C20H26N2O/c1-2-3-4-8-13-19(23)22-16-15-21-14-9-12-18(21)20(22)17-10-6-5-7-11-17/h5-7,9-12,14,20H,2-4,8,13,15-16H2,1H3. The lowest BCUT2D eigenvalue weighted by Gasteiger charge is -2.37. The Bertz CT molecular complexity index is 632. The first-order valence-corrected chi connectivity index (χ1v) is 8.80. The van der Waals surface area contributed by atoms with Crippen molar-refractivity contribution in [1.82, 2.24) is 9.47 Å². The normalized spacial score (nSPS) is 17.1. The van der Waals surface area contributed by atoms with Gasteiger partial charge < -0.3 is 9.47 Å². The topological polar surface area (TPSA) is 25.2 Å². The minimum atomic E-state index is 0.0543. The third-order valence-electron chi connectivity index (χ3n) is 4.72. The van der Waals surface area contributed by atoms with Gasteiger partial charge >= 0.3 is 0 Å². The van der Waals surface area contributed by atoms with Crippen LogP contribution in [0.25, 0.3) is 0 Å². The predicted molar refractivity (Wildman–Crippen MR) is 93.2 cm³/mol. The molecule has 2 aromatic rings. The van der Waals surface area contributed by atoms with Gasteiger partial charge in [-0.05, 0) is 24.1 Å². The Kier molecular flexibility index (Phi) is 5.16. The molecule has 2 heterocycles. The average molecular weight is 310 g/mol. The van der Waals surface area contributed by atoms with Crippen LogP contribution in [0.15, 0.2) is 48.7 Å². The molecule has 0 N–H and O–H groups in total. The molecule has 1 unspecified atom stereocenters. The molecule has 0 bridgehead atoms. The molecule has 0 fully saturated rings. The Morgan fingerprint density at radius 3 is 2.65 bits per heavy atom. The van der Waals surface area contributed by atoms with Crippen LogP contribution in [-0.2, 0) is 11.3 Å². The molecule has 0 saturated carbocycles. The van der Waals surface area contributed by atoms with Crippen molar-refractivity contribution in [3.05, 3.63) is 59.9 Å². The summed E-state index contributed by atoms with van der Waals surface area (Å²) in [6.07, 6.45) is 7.38. The third-order valence-corrected chi connectivity index (χ3v) is 4.72. The summed E-state index contributed by atoms with van der Waals surface area (Å²) in [5, 5.41) is 0. The van der Waals surface area contributed by atoms with Crippen LogP contribution >= 0.6 is 0 Å². The maximum absolute atomic E-state index is 12.8. The molecule has 3 heteroatoms. The molecular formula is C20H26N2O. The van der Waals surface area contributed by atoms with Gasteiger partial charge in [-0.2, -0.15) is 0 Å². The number of unbranched alkanes of at least 4 members (excludes halogenated alkanes) is 3. The van der Waals surface area contributed by atoms with Gasteiger partial charge in [0.2, 0.25) is 5.91 Å². The van der Waals surface area contributed by atoms with Gasteiger partial charge in [0.05, 0.1) is 6.04 Å². The number of hydrogen-bond donors (Lipinski definition) is 0. The van der Waals surface area contributed by atoms with Gasteiger partial charge in [-0.1, -0.05) is 56.5 Å². The van der Waals surface area contributed by atoms with Gasteiger partial charge in [0, 0.05) is 31.4 Å². The van der Waals surface area contributed by atoms with Crippen LogP contribution < -0.4 is 0 Å². The van der Waals surface area contributed by atoms with Crippen molar-refractivity contribution in [2.24, 2.45) is 0 Å². The van der Waals surface area contributed by atoms with Crippen LogP contribution in [0.5, 0.6) is 0 Å². The van der Waals surface area contributed by atoms with Crippen molar-refractivity contribution in [3.8, 4) is 0 Å². The molecule has 0 saturated heterocycles. The maximum atomic E-state index is 12.8. The molecular weight excluding hydrogens is 284 g/mol. The number of hydrogen-bond acceptors (Lipinski definition) is 1. The van der Waals surface area contributed by atoms with E-state index < -0.39 is 0 Å². The summed E-state index contributed by atoms with van der Waals surface area (Å²) in [7, 11) is 0. The van der Waals surface area contributed by atoms with Gasteiger partial charge in [-0.25, -0.2) is 0 Å². The summed E-state index contributed by atoms with van der Waals surface area (Å²) < 4.78 is 2.28. The minimum Gasteiger partial charge on any atom is -0.348 e. The molecule has 1 aliphatic heterocycles. The fourth-order valence-corrected chi connectivity index (χ4v) is 3.48. The lowest BCUT2D eigenvalue weighted by atomic mass is 9.99. The number of rotatable bonds is 6. The van der Waals surface area contributed by atoms with E-state index in [4.69, 9.17) is 0 Å². The Hall–Kier alpha value is -2.03. The van der Waals surface area contributed by atoms with E-state index in [0.29, 0.717) is 12.3 Å². The van der Waals surface area contributed by atoms with E-state index >= 15 is 0 Å². The Balaban J connectivity index is 1.80. The molecule has 1 aromatic heterocycles. The van der Waals surface area contributed by atoms with E-state index in [9.17, 15) is 4.79 Å². The van der Waals surface area contributed by atoms with Crippen molar-refractivity contribution < 1.29 is 4.79 Å². The number of fused-ring (bicyclic) bond motifs is 1. The molecule has 23 heavy (non-hydrogen) atoms. The zero-order valence-corrected chi connectivity index (χ0v) is 13.9. The second kappa shape index (κ2) is 7.49. The number of carbonyl (C=O) groups excluding carboxylic acids is 1. The second-order valence-corrected chi connectivity index (χ2v) is 6.34. The molecule has 3 nitrogen and oxygen atoms in total. The number of aromatic nitrogens is 1. The van der Waals surface area contributed by atoms with Crippen molar-refractivity contribution in [2.75, 3.05) is 6.54 Å². The highest BCUT2D eigenvalue weighted by Crippen LogP contribution is 2.32. The van der Waals surface area contributed by atoms with Crippen molar-refractivity contribution >= 4 is 5.91 Å². The molecule has 1 aromatic carbocycles. The average Bonchev–Trinajstić information content (AvgIpc) is 3.07. The summed E-state index contributed by atoms with van der Waals surface area (Å²) in [5.74, 6) is 0.294. The van der Waals surface area contributed by atoms with Gasteiger partial charge in [0.1, 0.15) is 0 Å². The molecule has 0 radical (unpaired) electrons. The van der Waals surface area contributed by atoms with E-state index in [1.54, 1.807) is 0 Å². The first-order chi connectivity index (χ1) is 11.3. The Morgan fingerprint density at radius 2 is 1.87 bits per heavy atom. The summed E-state index contributed by atoms with van der Waals surface area (Å²) in [4.78, 5) is 14.9. The molecule has 0 aliphatic carbocycles. The first-order valence-electron chi connectivity index (χ1n) is 8.80. The summed E-state index contributed by atoms with van der Waals surface area (Å²) >= 11 is 0. The first kappa shape index (κ1) is 15.9. The lowest BCUT2D eigenvalue weighted by molar-refractivity contribution is -0.134. The van der Waals surface area contributed by atoms with Crippen molar-refractivity contribution in [2.45, 2.75) is 51.6 Å². The molecule has 0 spiro atoms. The van der Waals surface area contributed by atoms with E-state index in [1.165, 1.54) is 24.1 Å². The largest absolute Gasteiger partial charge is 0.348 e. The van der Waals surface area contributed by atoms with Crippen molar-refractivity contribution in [3.63, 3.8) is 0 Å². The maximum Gasteiger partial charge on any atom is 0.223 e. The van der Waals surface area contributed by atoms with Crippen molar-refractivity contribution in [1.29, 1.82) is 0 Å². The highest BCUT2D eigenvalue weighted by Gasteiger charge is 2.31. The van der Waals surface area contributed by atoms with Gasteiger partial charge in [-0.15, -0.1) is 0 Å². The fraction of sp³-hybridized carbons (Fsp3) is 0.450. The zero-order valence-electron chi connectivity index (χ0n) is 13.9. The summed E-state index contributed by atoms with van der Waals surface area (Å²) in [6.45, 7) is 3.90. The second-order valence-electron chi connectivity index (χ2n) is 6.34.